The van der Waals surface area contributed by atoms with Gasteiger partial charge in [0.1, 0.15) is 22.3 Å². The van der Waals surface area contributed by atoms with Crippen LogP contribution in [0.1, 0.15) is 15.9 Å². The summed E-state index contributed by atoms with van der Waals surface area (Å²) in [5, 5.41) is 9.47. The van der Waals surface area contributed by atoms with Crippen LogP contribution >= 0.6 is 11.6 Å². The molecule has 1 aromatic heterocycles. The minimum absolute atomic E-state index is 0.121. The third-order valence-corrected chi connectivity index (χ3v) is 3.22. The van der Waals surface area contributed by atoms with Crippen LogP contribution in [0.15, 0.2) is 36.4 Å². The normalized spacial score (nSPS) is 10.2. The van der Waals surface area contributed by atoms with Gasteiger partial charge in [-0.3, -0.25) is 0 Å². The highest BCUT2D eigenvalue weighted by molar-refractivity contribution is 6.29. The first-order chi connectivity index (χ1) is 10.0. The van der Waals surface area contributed by atoms with E-state index >= 15 is 0 Å². The zero-order chi connectivity index (χ0) is 15.4. The summed E-state index contributed by atoms with van der Waals surface area (Å²) in [5.74, 6) is 0.0788. The van der Waals surface area contributed by atoms with Crippen LogP contribution < -0.4 is 9.64 Å². The fourth-order valence-electron chi connectivity index (χ4n) is 1.96. The maximum atomic E-state index is 11.2. The van der Waals surface area contributed by atoms with Gasteiger partial charge in [-0.15, -0.1) is 0 Å². The topological polar surface area (TPSA) is 62.7 Å². The van der Waals surface area contributed by atoms with E-state index in [0.29, 0.717) is 12.4 Å². The summed E-state index contributed by atoms with van der Waals surface area (Å²) in [5.41, 5.74) is 1.13. The molecule has 1 N–H and O–H groups in total. The van der Waals surface area contributed by atoms with Crippen molar-refractivity contribution in [1.82, 2.24) is 4.98 Å². The first-order valence-electron chi connectivity index (χ1n) is 6.25. The molecule has 0 unspecified atom stereocenters. The highest BCUT2D eigenvalue weighted by atomic mass is 35.5. The summed E-state index contributed by atoms with van der Waals surface area (Å²) < 4.78 is 5.10. The Bertz CT molecular complexity index is 644. The van der Waals surface area contributed by atoms with Crippen LogP contribution in [0.25, 0.3) is 0 Å². The maximum absolute atomic E-state index is 11.2. The van der Waals surface area contributed by atoms with Crippen LogP contribution in [0.2, 0.25) is 5.15 Å². The van der Waals surface area contributed by atoms with Gasteiger partial charge in [-0.2, -0.15) is 0 Å². The molecule has 0 amide bonds. The smallest absolute Gasteiger partial charge is 0.339 e. The molecule has 110 valence electrons. The number of aromatic carboxylic acids is 1. The Balaban J connectivity index is 2.24. The summed E-state index contributed by atoms with van der Waals surface area (Å²) >= 11 is 5.86. The van der Waals surface area contributed by atoms with Gasteiger partial charge in [-0.05, 0) is 29.8 Å². The van der Waals surface area contributed by atoms with Crippen LogP contribution in [0.3, 0.4) is 0 Å². The number of methoxy groups -OCH3 is 1. The molecule has 0 aliphatic rings. The molecule has 0 saturated carbocycles. The number of carboxylic acid groups (broad SMARTS) is 1. The van der Waals surface area contributed by atoms with E-state index < -0.39 is 5.97 Å². The number of ether oxygens (including phenoxy) is 1. The maximum Gasteiger partial charge on any atom is 0.339 e. The number of hydrogen-bond acceptors (Lipinski definition) is 4. The summed E-state index contributed by atoms with van der Waals surface area (Å²) in [6.07, 6.45) is 0. The van der Waals surface area contributed by atoms with Crippen molar-refractivity contribution in [2.24, 2.45) is 0 Å². The largest absolute Gasteiger partial charge is 0.497 e. The van der Waals surface area contributed by atoms with Crippen LogP contribution in [0.4, 0.5) is 5.82 Å². The van der Waals surface area contributed by atoms with E-state index in [9.17, 15) is 9.90 Å². The Morgan fingerprint density at radius 3 is 2.52 bits per heavy atom. The van der Waals surface area contributed by atoms with Gasteiger partial charge in [-0.1, -0.05) is 23.7 Å². The molecule has 0 bridgehead atoms. The average Bonchev–Trinajstić information content (AvgIpc) is 2.47. The van der Waals surface area contributed by atoms with Gasteiger partial charge in [-0.25, -0.2) is 9.78 Å². The van der Waals surface area contributed by atoms with E-state index in [0.717, 1.165) is 11.3 Å². The van der Waals surface area contributed by atoms with Crippen LogP contribution in [-0.2, 0) is 6.54 Å². The molecule has 0 fully saturated rings. The van der Waals surface area contributed by atoms with E-state index in [1.54, 1.807) is 19.1 Å². The summed E-state index contributed by atoms with van der Waals surface area (Å²) in [7, 11) is 3.38. The van der Waals surface area contributed by atoms with Crippen LogP contribution in [0.5, 0.6) is 5.75 Å². The number of carbonyl (C=O) groups is 1. The molecule has 1 aromatic carbocycles. The van der Waals surface area contributed by atoms with Crippen molar-refractivity contribution in [2.75, 3.05) is 19.1 Å². The van der Waals surface area contributed by atoms with Crippen molar-refractivity contribution in [2.45, 2.75) is 6.54 Å². The van der Waals surface area contributed by atoms with E-state index in [-0.39, 0.29) is 10.7 Å². The third kappa shape index (κ3) is 3.64. The Kier molecular flexibility index (Phi) is 4.65. The first kappa shape index (κ1) is 15.1. The van der Waals surface area contributed by atoms with Gasteiger partial charge in [0.15, 0.2) is 0 Å². The predicted molar refractivity (Wildman–Crippen MR) is 81.3 cm³/mol. The predicted octanol–water partition coefficient (Wildman–Crippen LogP) is 3.08. The summed E-state index contributed by atoms with van der Waals surface area (Å²) in [4.78, 5) is 17.1. The Morgan fingerprint density at radius 1 is 1.29 bits per heavy atom. The lowest BCUT2D eigenvalue weighted by atomic mass is 10.2. The van der Waals surface area contributed by atoms with Crippen molar-refractivity contribution in [1.29, 1.82) is 0 Å². The lowest BCUT2D eigenvalue weighted by Crippen LogP contribution is -2.20. The molecular weight excluding hydrogens is 292 g/mol. The molecule has 2 rings (SSSR count). The van der Waals surface area contributed by atoms with Gasteiger partial charge in [0.05, 0.1) is 7.11 Å². The van der Waals surface area contributed by atoms with E-state index in [1.165, 1.54) is 12.1 Å². The van der Waals surface area contributed by atoms with Gasteiger partial charge in [0, 0.05) is 13.6 Å². The summed E-state index contributed by atoms with van der Waals surface area (Å²) in [6.45, 7) is 0.512. The second-order valence-electron chi connectivity index (χ2n) is 4.51. The molecule has 2 aromatic rings. The van der Waals surface area contributed by atoms with Gasteiger partial charge in [0.2, 0.25) is 0 Å². The highest BCUT2D eigenvalue weighted by Gasteiger charge is 2.16. The number of nitrogens with zero attached hydrogens (tertiary/aromatic N) is 2. The molecule has 0 aliphatic carbocycles. The zero-order valence-corrected chi connectivity index (χ0v) is 12.5. The molecule has 0 atom stereocenters. The number of anilines is 1. The SMILES string of the molecule is COc1ccc(CN(C)c2nc(Cl)ccc2C(=O)O)cc1. The second-order valence-corrected chi connectivity index (χ2v) is 4.90. The minimum atomic E-state index is -1.03. The van der Waals surface area contributed by atoms with Crippen molar-refractivity contribution in [3.05, 3.63) is 52.7 Å². The number of carboxylic acids is 1. The highest BCUT2D eigenvalue weighted by Crippen LogP contribution is 2.22. The molecule has 0 aliphatic heterocycles. The fraction of sp³-hybridized carbons (Fsp3) is 0.200. The van der Waals surface area contributed by atoms with E-state index in [4.69, 9.17) is 16.3 Å². The van der Waals surface area contributed by atoms with E-state index in [2.05, 4.69) is 4.98 Å². The second kappa shape index (κ2) is 6.45. The lowest BCUT2D eigenvalue weighted by Gasteiger charge is -2.20. The van der Waals surface area contributed by atoms with Gasteiger partial charge >= 0.3 is 5.97 Å². The number of rotatable bonds is 5. The molecule has 6 heteroatoms. The van der Waals surface area contributed by atoms with Crippen molar-refractivity contribution < 1.29 is 14.6 Å². The van der Waals surface area contributed by atoms with Gasteiger partial charge in [0.25, 0.3) is 0 Å². The zero-order valence-electron chi connectivity index (χ0n) is 11.7. The molecule has 0 radical (unpaired) electrons. The summed E-state index contributed by atoms with van der Waals surface area (Å²) in [6, 6.07) is 10.5. The number of pyridine rings is 1. The molecule has 0 spiro atoms. The molecule has 21 heavy (non-hydrogen) atoms. The lowest BCUT2D eigenvalue weighted by molar-refractivity contribution is 0.0697. The van der Waals surface area contributed by atoms with Crippen molar-refractivity contribution >= 4 is 23.4 Å². The number of aromatic nitrogens is 1. The monoisotopic (exact) mass is 306 g/mol. The molecular formula is C15H15ClN2O3. The quantitative estimate of drug-likeness (QED) is 0.860. The number of benzene rings is 1. The number of hydrogen-bond donors (Lipinski definition) is 1. The average molecular weight is 307 g/mol. The van der Waals surface area contributed by atoms with E-state index in [1.807, 2.05) is 24.3 Å². The minimum Gasteiger partial charge on any atom is -0.497 e. The Hall–Kier alpha value is -2.27. The van der Waals surface area contributed by atoms with Crippen molar-refractivity contribution in [3.8, 4) is 5.75 Å². The molecule has 1 heterocycles. The Labute approximate surface area is 127 Å². The molecule has 5 nitrogen and oxygen atoms in total. The van der Waals surface area contributed by atoms with Gasteiger partial charge < -0.3 is 14.7 Å². The van der Waals surface area contributed by atoms with Crippen LogP contribution in [0, 0.1) is 0 Å². The standard InChI is InChI=1S/C15H15ClN2O3/c1-18(9-10-3-5-11(21-2)6-4-10)14-12(15(19)20)7-8-13(16)17-14/h3-8H,9H2,1-2H3,(H,19,20). The molecule has 0 saturated heterocycles. The van der Waals surface area contributed by atoms with Crippen molar-refractivity contribution in [3.63, 3.8) is 0 Å². The van der Waals surface area contributed by atoms with Crippen LogP contribution in [-0.4, -0.2) is 30.2 Å². The number of halogens is 1. The first-order valence-corrected chi connectivity index (χ1v) is 6.63. The fourth-order valence-corrected chi connectivity index (χ4v) is 2.11. The Morgan fingerprint density at radius 2 is 1.95 bits per heavy atom. The third-order valence-electron chi connectivity index (χ3n) is 3.01.